The summed E-state index contributed by atoms with van der Waals surface area (Å²) in [7, 11) is 0. The Balaban J connectivity index is 1.44. The van der Waals surface area contributed by atoms with E-state index in [1.165, 1.54) is 15.8 Å². The molecule has 1 atom stereocenters. The van der Waals surface area contributed by atoms with Crippen molar-refractivity contribution in [1.82, 2.24) is 10.3 Å². The first-order chi connectivity index (χ1) is 10.4. The second-order valence-electron chi connectivity index (χ2n) is 5.48. The van der Waals surface area contributed by atoms with E-state index < -0.39 is 0 Å². The molecule has 0 aliphatic carbocycles. The SMILES string of the molecule is c1csc(CNCC2CCc3ccc4[nH]ccc4c3O2)c1. The van der Waals surface area contributed by atoms with Crippen LogP contribution in [0.5, 0.6) is 5.75 Å². The van der Waals surface area contributed by atoms with Crippen molar-refractivity contribution in [3.63, 3.8) is 0 Å². The Hall–Kier alpha value is -1.78. The molecule has 108 valence electrons. The predicted molar refractivity (Wildman–Crippen MR) is 87.1 cm³/mol. The number of ether oxygens (including phenoxy) is 1. The van der Waals surface area contributed by atoms with E-state index in [1.807, 2.05) is 6.20 Å². The van der Waals surface area contributed by atoms with Crippen LogP contribution < -0.4 is 10.1 Å². The normalized spacial score (nSPS) is 17.6. The Kier molecular flexibility index (Phi) is 3.41. The van der Waals surface area contributed by atoms with Gasteiger partial charge in [-0.3, -0.25) is 0 Å². The molecule has 0 fully saturated rings. The highest BCUT2D eigenvalue weighted by molar-refractivity contribution is 7.09. The second kappa shape index (κ2) is 5.54. The van der Waals surface area contributed by atoms with Gasteiger partial charge in [-0.05, 0) is 42.0 Å². The van der Waals surface area contributed by atoms with Crippen molar-refractivity contribution in [2.45, 2.75) is 25.5 Å². The minimum atomic E-state index is 0.262. The van der Waals surface area contributed by atoms with Gasteiger partial charge in [0.2, 0.25) is 0 Å². The Morgan fingerprint density at radius 3 is 3.19 bits per heavy atom. The quantitative estimate of drug-likeness (QED) is 0.770. The third-order valence-corrected chi connectivity index (χ3v) is 4.91. The van der Waals surface area contributed by atoms with Crippen LogP contribution in [0.25, 0.3) is 10.9 Å². The molecular formula is C17H18N2OS. The molecule has 0 spiro atoms. The molecule has 21 heavy (non-hydrogen) atoms. The fourth-order valence-electron chi connectivity index (χ4n) is 2.94. The van der Waals surface area contributed by atoms with Gasteiger partial charge in [0.1, 0.15) is 11.9 Å². The lowest BCUT2D eigenvalue weighted by molar-refractivity contribution is 0.173. The molecule has 0 saturated heterocycles. The number of benzene rings is 1. The number of aromatic amines is 1. The maximum atomic E-state index is 6.24. The molecule has 3 nitrogen and oxygen atoms in total. The molecule has 4 heteroatoms. The fraction of sp³-hybridized carbons (Fsp3) is 0.294. The minimum absolute atomic E-state index is 0.262. The number of hydrogen-bond donors (Lipinski definition) is 2. The first kappa shape index (κ1) is 12.9. The second-order valence-corrected chi connectivity index (χ2v) is 6.51. The summed E-state index contributed by atoms with van der Waals surface area (Å²) in [6, 6.07) is 10.7. The van der Waals surface area contributed by atoms with Gasteiger partial charge in [-0.25, -0.2) is 0 Å². The fourth-order valence-corrected chi connectivity index (χ4v) is 3.62. The number of aromatic nitrogens is 1. The average Bonchev–Trinajstić information content (AvgIpc) is 3.18. The van der Waals surface area contributed by atoms with Gasteiger partial charge < -0.3 is 15.0 Å². The molecule has 0 radical (unpaired) electrons. The highest BCUT2D eigenvalue weighted by Crippen LogP contribution is 2.34. The van der Waals surface area contributed by atoms with E-state index in [9.17, 15) is 0 Å². The lowest BCUT2D eigenvalue weighted by Crippen LogP contribution is -2.33. The van der Waals surface area contributed by atoms with Gasteiger partial charge in [-0.15, -0.1) is 11.3 Å². The standard InChI is InChI=1S/C17H18N2OS/c1-2-14(21-9-1)11-18-10-13-5-3-12-4-6-16-15(7-8-19-16)17(12)20-13/h1-2,4,6-9,13,18-19H,3,5,10-11H2. The Labute approximate surface area is 128 Å². The smallest absolute Gasteiger partial charge is 0.132 e. The highest BCUT2D eigenvalue weighted by atomic mass is 32.1. The molecule has 3 aromatic rings. The Morgan fingerprint density at radius 1 is 1.29 bits per heavy atom. The van der Waals surface area contributed by atoms with Crippen LogP contribution in [0.15, 0.2) is 41.9 Å². The van der Waals surface area contributed by atoms with E-state index in [0.29, 0.717) is 0 Å². The van der Waals surface area contributed by atoms with Gasteiger partial charge in [0, 0.05) is 35.1 Å². The van der Waals surface area contributed by atoms with Crippen molar-refractivity contribution in [1.29, 1.82) is 0 Å². The molecule has 2 aromatic heterocycles. The van der Waals surface area contributed by atoms with E-state index in [2.05, 4.69) is 46.0 Å². The van der Waals surface area contributed by atoms with Crippen LogP contribution in [0.3, 0.4) is 0 Å². The van der Waals surface area contributed by atoms with E-state index in [1.54, 1.807) is 11.3 Å². The Bertz CT molecular complexity index is 732. The number of nitrogens with one attached hydrogen (secondary N) is 2. The minimum Gasteiger partial charge on any atom is -0.488 e. The molecule has 1 aliphatic heterocycles. The zero-order chi connectivity index (χ0) is 14.1. The first-order valence-electron chi connectivity index (χ1n) is 7.39. The van der Waals surface area contributed by atoms with Gasteiger partial charge in [-0.1, -0.05) is 12.1 Å². The molecule has 0 amide bonds. The van der Waals surface area contributed by atoms with Gasteiger partial charge in [-0.2, -0.15) is 0 Å². The summed E-state index contributed by atoms with van der Waals surface area (Å²) in [4.78, 5) is 4.63. The molecular weight excluding hydrogens is 280 g/mol. The summed E-state index contributed by atoms with van der Waals surface area (Å²) >= 11 is 1.79. The van der Waals surface area contributed by atoms with Crippen LogP contribution in [-0.4, -0.2) is 17.6 Å². The zero-order valence-corrected chi connectivity index (χ0v) is 12.6. The van der Waals surface area contributed by atoms with Crippen LogP contribution >= 0.6 is 11.3 Å². The summed E-state index contributed by atoms with van der Waals surface area (Å²) in [5.41, 5.74) is 2.48. The highest BCUT2D eigenvalue weighted by Gasteiger charge is 2.21. The van der Waals surface area contributed by atoms with Crippen LogP contribution in [0, 0.1) is 0 Å². The van der Waals surface area contributed by atoms with Gasteiger partial charge in [0.15, 0.2) is 0 Å². The zero-order valence-electron chi connectivity index (χ0n) is 11.8. The third kappa shape index (κ3) is 2.57. The van der Waals surface area contributed by atoms with E-state index in [4.69, 9.17) is 4.74 Å². The maximum absolute atomic E-state index is 6.24. The number of aryl methyl sites for hydroxylation is 1. The van der Waals surface area contributed by atoms with Crippen LogP contribution in [-0.2, 0) is 13.0 Å². The number of H-pyrrole nitrogens is 1. The summed E-state index contributed by atoms with van der Waals surface area (Å²) < 4.78 is 6.24. The van der Waals surface area contributed by atoms with Crippen LogP contribution in [0.4, 0.5) is 0 Å². The van der Waals surface area contributed by atoms with E-state index in [0.717, 1.165) is 37.2 Å². The van der Waals surface area contributed by atoms with Gasteiger partial charge in [0.05, 0.1) is 0 Å². The van der Waals surface area contributed by atoms with Crippen LogP contribution in [0.2, 0.25) is 0 Å². The molecule has 1 aliphatic rings. The largest absolute Gasteiger partial charge is 0.488 e. The van der Waals surface area contributed by atoms with Crippen molar-refractivity contribution < 1.29 is 4.74 Å². The number of rotatable bonds is 4. The number of thiophene rings is 1. The van der Waals surface area contributed by atoms with Crippen molar-refractivity contribution >= 4 is 22.2 Å². The summed E-state index contributed by atoms with van der Waals surface area (Å²) in [5, 5.41) is 6.83. The lowest BCUT2D eigenvalue weighted by atomic mass is 10.00. The number of hydrogen-bond acceptors (Lipinski definition) is 3. The van der Waals surface area contributed by atoms with Gasteiger partial charge >= 0.3 is 0 Å². The van der Waals surface area contributed by atoms with Crippen molar-refractivity contribution in [2.24, 2.45) is 0 Å². The van der Waals surface area contributed by atoms with Crippen molar-refractivity contribution in [2.75, 3.05) is 6.54 Å². The third-order valence-electron chi connectivity index (χ3n) is 4.04. The topological polar surface area (TPSA) is 37.0 Å². The molecule has 1 aromatic carbocycles. The van der Waals surface area contributed by atoms with Gasteiger partial charge in [0.25, 0.3) is 0 Å². The summed E-state index contributed by atoms with van der Waals surface area (Å²) in [6.45, 7) is 1.83. The predicted octanol–water partition coefficient (Wildman–Crippen LogP) is 3.71. The molecule has 0 saturated carbocycles. The van der Waals surface area contributed by atoms with E-state index in [-0.39, 0.29) is 6.10 Å². The maximum Gasteiger partial charge on any atom is 0.132 e. The number of fused-ring (bicyclic) bond motifs is 3. The van der Waals surface area contributed by atoms with E-state index >= 15 is 0 Å². The summed E-state index contributed by atoms with van der Waals surface area (Å²) in [6.07, 6.45) is 4.42. The molecule has 1 unspecified atom stereocenters. The monoisotopic (exact) mass is 298 g/mol. The lowest BCUT2D eigenvalue weighted by Gasteiger charge is -2.27. The summed E-state index contributed by atoms with van der Waals surface area (Å²) in [5.74, 6) is 1.07. The molecule has 2 N–H and O–H groups in total. The molecule has 0 bridgehead atoms. The van der Waals surface area contributed by atoms with Crippen molar-refractivity contribution in [3.05, 3.63) is 52.3 Å². The van der Waals surface area contributed by atoms with Crippen LogP contribution in [0.1, 0.15) is 16.9 Å². The van der Waals surface area contributed by atoms with Crippen molar-refractivity contribution in [3.8, 4) is 5.75 Å². The molecule has 3 heterocycles. The first-order valence-corrected chi connectivity index (χ1v) is 8.27. The average molecular weight is 298 g/mol. The Morgan fingerprint density at radius 2 is 2.29 bits per heavy atom. The molecule has 4 rings (SSSR count).